The van der Waals surface area contributed by atoms with E-state index in [1.54, 1.807) is 23.1 Å². The lowest BCUT2D eigenvalue weighted by molar-refractivity contribution is -0.137. The van der Waals surface area contributed by atoms with Crippen LogP contribution in [0.1, 0.15) is 19.3 Å². The lowest BCUT2D eigenvalue weighted by atomic mass is 10.1. The maximum Gasteiger partial charge on any atom is 0.322 e. The number of anilines is 1. The summed E-state index contributed by atoms with van der Waals surface area (Å²) in [6.07, 6.45) is 1.53. The third-order valence-corrected chi connectivity index (χ3v) is 4.45. The highest BCUT2D eigenvalue weighted by molar-refractivity contribution is 9.10. The van der Waals surface area contributed by atoms with Gasteiger partial charge in [-0.1, -0.05) is 11.6 Å². The van der Waals surface area contributed by atoms with Gasteiger partial charge in [-0.3, -0.25) is 4.79 Å². The molecule has 0 aliphatic carbocycles. The molecule has 5 nitrogen and oxygen atoms in total. The maximum atomic E-state index is 12.2. The predicted molar refractivity (Wildman–Crippen MR) is 80.2 cm³/mol. The van der Waals surface area contributed by atoms with Crippen LogP contribution in [0, 0.1) is 0 Å². The van der Waals surface area contributed by atoms with E-state index >= 15 is 0 Å². The van der Waals surface area contributed by atoms with Gasteiger partial charge in [0, 0.05) is 22.7 Å². The Hall–Kier alpha value is -1.27. The summed E-state index contributed by atoms with van der Waals surface area (Å²) in [6, 6.07) is 4.60. The zero-order chi connectivity index (χ0) is 14.7. The van der Waals surface area contributed by atoms with Crippen LogP contribution in [0.3, 0.4) is 0 Å². The molecule has 1 aromatic rings. The van der Waals surface area contributed by atoms with Crippen molar-refractivity contribution >= 4 is 45.2 Å². The van der Waals surface area contributed by atoms with E-state index < -0.39 is 5.97 Å². The predicted octanol–water partition coefficient (Wildman–Crippen LogP) is 3.57. The first kappa shape index (κ1) is 15.1. The number of carbonyl (C=O) groups excluding carboxylic acids is 1. The van der Waals surface area contributed by atoms with Crippen molar-refractivity contribution in [2.75, 3.05) is 11.9 Å². The molecule has 0 bridgehead atoms. The van der Waals surface area contributed by atoms with Gasteiger partial charge in [-0.05, 0) is 47.0 Å². The van der Waals surface area contributed by atoms with Crippen LogP contribution in [0.5, 0.6) is 0 Å². The summed E-state index contributed by atoms with van der Waals surface area (Å²) in [5, 5.41) is 12.1. The lowest BCUT2D eigenvalue weighted by Gasteiger charge is -2.23. The largest absolute Gasteiger partial charge is 0.481 e. The number of aliphatic carboxylic acids is 1. The van der Waals surface area contributed by atoms with Crippen LogP contribution in [0.4, 0.5) is 10.5 Å². The van der Waals surface area contributed by atoms with E-state index in [0.717, 1.165) is 17.3 Å². The molecule has 1 saturated heterocycles. The molecule has 0 saturated carbocycles. The number of hydrogen-bond acceptors (Lipinski definition) is 2. The molecule has 7 heteroatoms. The molecule has 1 heterocycles. The Kier molecular flexibility index (Phi) is 4.88. The van der Waals surface area contributed by atoms with E-state index in [0.29, 0.717) is 17.3 Å². The number of amides is 2. The second kappa shape index (κ2) is 6.45. The summed E-state index contributed by atoms with van der Waals surface area (Å²) in [5.41, 5.74) is 0.587. The Bertz CT molecular complexity index is 538. The first-order valence-corrected chi connectivity index (χ1v) is 7.39. The van der Waals surface area contributed by atoms with Crippen LogP contribution in [-0.2, 0) is 4.79 Å². The maximum absolute atomic E-state index is 12.2. The average molecular weight is 362 g/mol. The number of urea groups is 1. The van der Waals surface area contributed by atoms with Gasteiger partial charge in [0.25, 0.3) is 0 Å². The van der Waals surface area contributed by atoms with Crippen molar-refractivity contribution in [3.05, 3.63) is 27.7 Å². The van der Waals surface area contributed by atoms with Gasteiger partial charge in [0.05, 0.1) is 11.4 Å². The molecule has 2 N–H and O–H groups in total. The highest BCUT2D eigenvalue weighted by Crippen LogP contribution is 2.26. The number of hydrogen-bond donors (Lipinski definition) is 2. The third-order valence-electron chi connectivity index (χ3n) is 3.22. The number of likely N-dealkylation sites (tertiary alicyclic amines) is 1. The normalized spacial score (nSPS) is 18.1. The fourth-order valence-corrected chi connectivity index (χ4v) is 2.71. The molecule has 1 atom stereocenters. The molecular formula is C13H14BrClN2O3. The molecular weight excluding hydrogens is 348 g/mol. The Labute approximate surface area is 130 Å². The summed E-state index contributed by atoms with van der Waals surface area (Å²) in [6.45, 7) is 0.577. The van der Waals surface area contributed by atoms with Crippen LogP contribution in [-0.4, -0.2) is 34.6 Å². The molecule has 1 fully saturated rings. The molecule has 1 aromatic carbocycles. The van der Waals surface area contributed by atoms with E-state index in [1.165, 1.54) is 0 Å². The highest BCUT2D eigenvalue weighted by Gasteiger charge is 2.30. The van der Waals surface area contributed by atoms with Gasteiger partial charge in [-0.15, -0.1) is 0 Å². The van der Waals surface area contributed by atoms with Crippen molar-refractivity contribution in [1.29, 1.82) is 0 Å². The van der Waals surface area contributed by atoms with Gasteiger partial charge in [-0.2, -0.15) is 0 Å². The van der Waals surface area contributed by atoms with Crippen LogP contribution in [0.2, 0.25) is 5.02 Å². The molecule has 2 rings (SSSR count). The molecule has 1 aliphatic rings. The SMILES string of the molecule is O=C(O)CC1CCCN1C(=O)Nc1ccc(Br)c(Cl)c1. The van der Waals surface area contributed by atoms with E-state index in [-0.39, 0.29) is 18.5 Å². The number of carboxylic acids is 1. The molecule has 1 aliphatic heterocycles. The highest BCUT2D eigenvalue weighted by atomic mass is 79.9. The summed E-state index contributed by atoms with van der Waals surface area (Å²) in [5.74, 6) is -0.888. The van der Waals surface area contributed by atoms with Crippen molar-refractivity contribution in [2.24, 2.45) is 0 Å². The smallest absolute Gasteiger partial charge is 0.322 e. The van der Waals surface area contributed by atoms with Gasteiger partial charge in [0.2, 0.25) is 0 Å². The first-order valence-electron chi connectivity index (χ1n) is 6.22. The quantitative estimate of drug-likeness (QED) is 0.864. The number of benzene rings is 1. The number of rotatable bonds is 3. The van der Waals surface area contributed by atoms with Crippen LogP contribution in [0.15, 0.2) is 22.7 Å². The third kappa shape index (κ3) is 3.64. The van der Waals surface area contributed by atoms with E-state index in [1.807, 2.05) is 0 Å². The van der Waals surface area contributed by atoms with Crippen molar-refractivity contribution in [2.45, 2.75) is 25.3 Å². The molecule has 108 valence electrons. The number of nitrogens with zero attached hydrogens (tertiary/aromatic N) is 1. The molecule has 0 radical (unpaired) electrons. The second-order valence-corrected chi connectivity index (χ2v) is 5.91. The van der Waals surface area contributed by atoms with Crippen LogP contribution < -0.4 is 5.32 Å². The van der Waals surface area contributed by atoms with Gasteiger partial charge in [0.1, 0.15) is 0 Å². The zero-order valence-electron chi connectivity index (χ0n) is 10.6. The summed E-state index contributed by atoms with van der Waals surface area (Å²) in [7, 11) is 0. The second-order valence-electron chi connectivity index (χ2n) is 4.65. The number of halogens is 2. The topological polar surface area (TPSA) is 69.6 Å². The lowest BCUT2D eigenvalue weighted by Crippen LogP contribution is -2.39. The number of carboxylic acid groups (broad SMARTS) is 1. The Morgan fingerprint density at radius 3 is 2.90 bits per heavy atom. The standard InChI is InChI=1S/C13H14BrClN2O3/c14-10-4-3-8(6-11(10)15)16-13(20)17-5-1-2-9(17)7-12(18)19/h3-4,6,9H,1-2,5,7H2,(H,16,20)(H,18,19). The zero-order valence-corrected chi connectivity index (χ0v) is 12.9. The van der Waals surface area contributed by atoms with E-state index in [4.69, 9.17) is 16.7 Å². The van der Waals surface area contributed by atoms with Gasteiger partial charge >= 0.3 is 12.0 Å². The Morgan fingerprint density at radius 1 is 1.50 bits per heavy atom. The minimum Gasteiger partial charge on any atom is -0.481 e. The molecule has 0 spiro atoms. The van der Waals surface area contributed by atoms with Crippen molar-refractivity contribution in [1.82, 2.24) is 4.90 Å². The van der Waals surface area contributed by atoms with Gasteiger partial charge in [0.15, 0.2) is 0 Å². The molecule has 0 aromatic heterocycles. The fourth-order valence-electron chi connectivity index (χ4n) is 2.29. The number of carbonyl (C=O) groups is 2. The van der Waals surface area contributed by atoms with Gasteiger partial charge < -0.3 is 15.3 Å². The molecule has 2 amide bonds. The van der Waals surface area contributed by atoms with Crippen molar-refractivity contribution in [3.8, 4) is 0 Å². The average Bonchev–Trinajstić information content (AvgIpc) is 2.81. The fraction of sp³-hybridized carbons (Fsp3) is 0.385. The monoisotopic (exact) mass is 360 g/mol. The van der Waals surface area contributed by atoms with Crippen molar-refractivity contribution in [3.63, 3.8) is 0 Å². The minimum absolute atomic E-state index is 0.0193. The summed E-state index contributed by atoms with van der Waals surface area (Å²) in [4.78, 5) is 24.5. The molecule has 20 heavy (non-hydrogen) atoms. The Balaban J connectivity index is 2.03. The Morgan fingerprint density at radius 2 is 2.25 bits per heavy atom. The summed E-state index contributed by atoms with van der Waals surface area (Å²) >= 11 is 9.24. The van der Waals surface area contributed by atoms with Crippen molar-refractivity contribution < 1.29 is 14.7 Å². The summed E-state index contributed by atoms with van der Waals surface area (Å²) < 4.78 is 0.752. The minimum atomic E-state index is -0.888. The van der Waals surface area contributed by atoms with E-state index in [9.17, 15) is 9.59 Å². The first-order chi connectivity index (χ1) is 9.47. The van der Waals surface area contributed by atoms with Crippen LogP contribution >= 0.6 is 27.5 Å². The van der Waals surface area contributed by atoms with E-state index in [2.05, 4.69) is 21.2 Å². The van der Waals surface area contributed by atoms with Crippen LogP contribution in [0.25, 0.3) is 0 Å². The van der Waals surface area contributed by atoms with Gasteiger partial charge in [-0.25, -0.2) is 4.79 Å². The number of nitrogens with one attached hydrogen (secondary N) is 1. The molecule has 1 unspecified atom stereocenters.